The quantitative estimate of drug-likeness (QED) is 0.796. The molecule has 128 valence electrons. The van der Waals surface area contributed by atoms with Gasteiger partial charge >= 0.3 is 0 Å². The molecule has 6 heteroatoms. The number of fused-ring (bicyclic) bond motifs is 5. The largest absolute Gasteiger partial charge is 0.307 e. The third kappa shape index (κ3) is 1.48. The molecule has 0 aromatic rings. The fraction of sp³-hybridized carbons (Fsp3) is 0.778. The molecule has 4 N–H and O–H groups in total. The Hall–Kier alpha value is -1.76. The van der Waals surface area contributed by atoms with Gasteiger partial charge in [0.2, 0.25) is 0 Å². The monoisotopic (exact) mass is 328 g/mol. The molecule has 6 nitrogen and oxygen atoms in total. The van der Waals surface area contributed by atoms with Gasteiger partial charge in [-0.2, -0.15) is 10.5 Å². The van der Waals surface area contributed by atoms with E-state index in [0.29, 0.717) is 19.3 Å². The van der Waals surface area contributed by atoms with Crippen molar-refractivity contribution in [3.63, 3.8) is 0 Å². The summed E-state index contributed by atoms with van der Waals surface area (Å²) in [7, 11) is 0. The first-order valence-electron chi connectivity index (χ1n) is 8.59. The number of carbonyl (C=O) groups excluding carboxylic acids is 2. The molecular weight excluding hydrogens is 304 g/mol. The second-order valence-corrected chi connectivity index (χ2v) is 8.01. The Morgan fingerprint density at radius 3 is 2.12 bits per heavy atom. The van der Waals surface area contributed by atoms with Gasteiger partial charge < -0.3 is 11.5 Å². The van der Waals surface area contributed by atoms with Gasteiger partial charge in [0.25, 0.3) is 0 Å². The normalized spacial score (nSPS) is 41.6. The minimum Gasteiger partial charge on any atom is -0.307 e. The summed E-state index contributed by atoms with van der Waals surface area (Å²) in [5.74, 6) is -0.441. The fourth-order valence-electron chi connectivity index (χ4n) is 6.69. The van der Waals surface area contributed by atoms with Crippen LogP contribution >= 0.6 is 0 Å². The summed E-state index contributed by atoms with van der Waals surface area (Å²) in [5.41, 5.74) is 7.67. The van der Waals surface area contributed by atoms with E-state index < -0.39 is 33.5 Å². The molecule has 3 saturated carbocycles. The van der Waals surface area contributed by atoms with E-state index in [2.05, 4.69) is 12.1 Å². The predicted octanol–water partition coefficient (Wildman–Crippen LogP) is 1.19. The smallest absolute Gasteiger partial charge is 0.169 e. The molecule has 0 aromatic carbocycles. The van der Waals surface area contributed by atoms with Crippen molar-refractivity contribution in [3.05, 3.63) is 0 Å². The summed E-state index contributed by atoms with van der Waals surface area (Å²) >= 11 is 0. The lowest BCUT2D eigenvalue weighted by atomic mass is 9.45. The van der Waals surface area contributed by atoms with Crippen molar-refractivity contribution < 1.29 is 9.59 Å². The van der Waals surface area contributed by atoms with Gasteiger partial charge in [-0.25, -0.2) is 0 Å². The molecule has 0 saturated heterocycles. The van der Waals surface area contributed by atoms with Crippen LogP contribution in [0.4, 0.5) is 0 Å². The van der Waals surface area contributed by atoms with Crippen molar-refractivity contribution in [1.29, 1.82) is 10.5 Å². The lowest BCUT2D eigenvalue weighted by Crippen LogP contribution is -2.73. The van der Waals surface area contributed by atoms with Crippen LogP contribution in [0.25, 0.3) is 0 Å². The SMILES string of the molecule is CC(=O)C(N)(C#N)C12CCC(C1)C1CCCC12C(N)(C#N)C(C)=O. The van der Waals surface area contributed by atoms with Crippen LogP contribution in [-0.4, -0.2) is 22.6 Å². The number of nitriles is 2. The van der Waals surface area contributed by atoms with Gasteiger partial charge in [0.05, 0.1) is 12.1 Å². The summed E-state index contributed by atoms with van der Waals surface area (Å²) in [6, 6.07) is 4.14. The molecule has 3 aliphatic carbocycles. The van der Waals surface area contributed by atoms with E-state index >= 15 is 0 Å². The van der Waals surface area contributed by atoms with Gasteiger partial charge in [-0.15, -0.1) is 0 Å². The zero-order chi connectivity index (χ0) is 18.0. The number of ketones is 2. The predicted molar refractivity (Wildman–Crippen MR) is 86.0 cm³/mol. The highest BCUT2D eigenvalue weighted by Crippen LogP contribution is 2.78. The highest BCUT2D eigenvalue weighted by atomic mass is 16.1. The fourth-order valence-corrected chi connectivity index (χ4v) is 6.69. The zero-order valence-corrected chi connectivity index (χ0v) is 14.3. The molecule has 6 atom stereocenters. The summed E-state index contributed by atoms with van der Waals surface area (Å²) in [4.78, 5) is 24.9. The topological polar surface area (TPSA) is 134 Å². The van der Waals surface area contributed by atoms with Gasteiger partial charge in [-0.3, -0.25) is 9.59 Å². The maximum Gasteiger partial charge on any atom is 0.169 e. The van der Waals surface area contributed by atoms with Gasteiger partial charge in [-0.1, -0.05) is 6.42 Å². The highest BCUT2D eigenvalue weighted by molar-refractivity contribution is 5.93. The number of carbonyl (C=O) groups is 2. The minimum absolute atomic E-state index is 0.0791. The molecule has 6 unspecified atom stereocenters. The first-order valence-corrected chi connectivity index (χ1v) is 8.59. The Morgan fingerprint density at radius 1 is 1.04 bits per heavy atom. The van der Waals surface area contributed by atoms with Crippen LogP contribution in [0.1, 0.15) is 52.4 Å². The Morgan fingerprint density at radius 2 is 1.62 bits per heavy atom. The molecule has 0 spiro atoms. The summed E-state index contributed by atoms with van der Waals surface area (Å²) < 4.78 is 0. The van der Waals surface area contributed by atoms with E-state index in [0.717, 1.165) is 19.3 Å². The molecule has 0 aliphatic heterocycles. The molecule has 2 bridgehead atoms. The van der Waals surface area contributed by atoms with Gasteiger partial charge in [0.15, 0.2) is 22.6 Å². The number of nitrogens with two attached hydrogens (primary N) is 2. The van der Waals surface area contributed by atoms with E-state index in [1.54, 1.807) is 0 Å². The van der Waals surface area contributed by atoms with Crippen LogP contribution in [0.15, 0.2) is 0 Å². The van der Waals surface area contributed by atoms with Crippen molar-refractivity contribution >= 4 is 11.6 Å². The number of Topliss-reactive ketones (excluding diaryl/α,β-unsaturated/α-hetero) is 2. The van der Waals surface area contributed by atoms with Crippen molar-refractivity contribution in [1.82, 2.24) is 0 Å². The van der Waals surface area contributed by atoms with Gasteiger partial charge in [-0.05, 0) is 57.8 Å². The lowest BCUT2D eigenvalue weighted by Gasteiger charge is -2.57. The average molecular weight is 328 g/mol. The number of rotatable bonds is 4. The van der Waals surface area contributed by atoms with E-state index in [4.69, 9.17) is 11.5 Å². The van der Waals surface area contributed by atoms with Crippen molar-refractivity contribution in [2.75, 3.05) is 0 Å². The Labute approximate surface area is 142 Å². The second-order valence-electron chi connectivity index (χ2n) is 8.01. The Kier molecular flexibility index (Phi) is 3.47. The van der Waals surface area contributed by atoms with E-state index in [9.17, 15) is 20.1 Å². The maximum atomic E-state index is 12.5. The molecule has 3 aliphatic rings. The van der Waals surface area contributed by atoms with Gasteiger partial charge in [0.1, 0.15) is 0 Å². The second kappa shape index (κ2) is 4.88. The summed E-state index contributed by atoms with van der Waals surface area (Å²) in [6.07, 6.45) is 4.35. The average Bonchev–Trinajstić information content (AvgIpc) is 3.23. The van der Waals surface area contributed by atoms with E-state index in [1.165, 1.54) is 13.8 Å². The minimum atomic E-state index is -1.71. The summed E-state index contributed by atoms with van der Waals surface area (Å²) in [5, 5.41) is 19.7. The molecule has 0 amide bonds. The lowest BCUT2D eigenvalue weighted by molar-refractivity contribution is -0.142. The van der Waals surface area contributed by atoms with Crippen molar-refractivity contribution in [2.45, 2.75) is 63.5 Å². The third-order valence-electron chi connectivity index (χ3n) is 7.62. The van der Waals surface area contributed by atoms with Crippen LogP contribution < -0.4 is 11.5 Å². The van der Waals surface area contributed by atoms with Gasteiger partial charge in [0, 0.05) is 10.8 Å². The van der Waals surface area contributed by atoms with E-state index in [-0.39, 0.29) is 11.8 Å². The first-order chi connectivity index (χ1) is 11.2. The van der Waals surface area contributed by atoms with Crippen LogP contribution in [-0.2, 0) is 9.59 Å². The molecule has 0 aromatic heterocycles. The third-order valence-corrected chi connectivity index (χ3v) is 7.62. The van der Waals surface area contributed by atoms with Crippen LogP contribution in [0.5, 0.6) is 0 Å². The van der Waals surface area contributed by atoms with Crippen LogP contribution in [0.3, 0.4) is 0 Å². The number of nitrogens with zero attached hydrogens (tertiary/aromatic N) is 2. The number of hydrogen-bond acceptors (Lipinski definition) is 6. The standard InChI is InChI=1S/C18H24N4O2/c1-11(23)17(21,9-19)15-7-5-13(8-15)14-4-3-6-16(14,15)18(22,10-20)12(2)24/h13-14H,3-8,21-22H2,1-2H3. The molecule has 0 radical (unpaired) electrons. The Bertz CT molecular complexity index is 707. The molecule has 3 fully saturated rings. The number of hydrogen-bond donors (Lipinski definition) is 2. The zero-order valence-electron chi connectivity index (χ0n) is 14.3. The molecule has 24 heavy (non-hydrogen) atoms. The molecule has 0 heterocycles. The molecular formula is C18H24N4O2. The highest BCUT2D eigenvalue weighted by Gasteiger charge is 2.80. The first kappa shape index (κ1) is 17.1. The van der Waals surface area contributed by atoms with Crippen molar-refractivity contribution in [3.8, 4) is 12.1 Å². The molecule has 3 rings (SSSR count). The van der Waals surface area contributed by atoms with E-state index in [1.807, 2.05) is 0 Å². The van der Waals surface area contributed by atoms with Crippen LogP contribution in [0.2, 0.25) is 0 Å². The van der Waals surface area contributed by atoms with Crippen LogP contribution in [0, 0.1) is 45.3 Å². The van der Waals surface area contributed by atoms with Crippen molar-refractivity contribution in [2.24, 2.45) is 34.1 Å². The Balaban J connectivity index is 2.34. The summed E-state index contributed by atoms with van der Waals surface area (Å²) in [6.45, 7) is 2.67. The maximum absolute atomic E-state index is 12.5.